The minimum Gasteiger partial charge on any atom is -0.479 e. The lowest BCUT2D eigenvalue weighted by molar-refractivity contribution is -0.152. The van der Waals surface area contributed by atoms with Crippen LogP contribution >= 0.6 is 0 Å². The first-order chi connectivity index (χ1) is 7.63. The van der Waals surface area contributed by atoms with E-state index in [1.54, 1.807) is 31.2 Å². The zero-order valence-corrected chi connectivity index (χ0v) is 9.05. The largest absolute Gasteiger partial charge is 0.479 e. The number of aliphatic hydroxyl groups is 1. The molecule has 1 atom stereocenters. The lowest BCUT2D eigenvalue weighted by Crippen LogP contribution is -2.27. The van der Waals surface area contributed by atoms with Crippen molar-refractivity contribution < 1.29 is 19.4 Å². The number of carbonyl (C=O) groups is 1. The van der Waals surface area contributed by atoms with E-state index in [-0.39, 0.29) is 13.2 Å². The van der Waals surface area contributed by atoms with E-state index in [1.807, 2.05) is 0 Å². The van der Waals surface area contributed by atoms with E-state index in [4.69, 9.17) is 20.3 Å². The molecule has 0 fully saturated rings. The SMILES string of the molecule is CC(Oc1ccc(N)cc1)C(=O)OCCO. The van der Waals surface area contributed by atoms with E-state index in [1.165, 1.54) is 0 Å². The first-order valence-corrected chi connectivity index (χ1v) is 4.93. The number of aliphatic hydroxyl groups excluding tert-OH is 1. The second-order valence-corrected chi connectivity index (χ2v) is 3.22. The number of anilines is 1. The fourth-order valence-corrected chi connectivity index (χ4v) is 1.06. The summed E-state index contributed by atoms with van der Waals surface area (Å²) in [7, 11) is 0. The third-order valence-electron chi connectivity index (χ3n) is 1.86. The highest BCUT2D eigenvalue weighted by molar-refractivity contribution is 5.74. The number of carbonyl (C=O) groups excluding carboxylic acids is 1. The lowest BCUT2D eigenvalue weighted by Gasteiger charge is -2.13. The van der Waals surface area contributed by atoms with Crippen molar-refractivity contribution in [1.29, 1.82) is 0 Å². The lowest BCUT2D eigenvalue weighted by atomic mass is 10.3. The van der Waals surface area contributed by atoms with Gasteiger partial charge < -0.3 is 20.3 Å². The summed E-state index contributed by atoms with van der Waals surface area (Å²) < 4.78 is 10.0. The third kappa shape index (κ3) is 3.78. The molecular formula is C11H15NO4. The highest BCUT2D eigenvalue weighted by Gasteiger charge is 2.15. The standard InChI is InChI=1S/C11H15NO4/c1-8(11(14)15-7-6-13)16-10-4-2-9(12)3-5-10/h2-5,8,13H,6-7,12H2,1H3. The monoisotopic (exact) mass is 225 g/mol. The van der Waals surface area contributed by atoms with Gasteiger partial charge in [-0.2, -0.15) is 0 Å². The second kappa shape index (κ2) is 5.97. The molecule has 0 saturated heterocycles. The van der Waals surface area contributed by atoms with E-state index >= 15 is 0 Å². The molecule has 0 radical (unpaired) electrons. The molecule has 1 aromatic rings. The van der Waals surface area contributed by atoms with Gasteiger partial charge in [-0.3, -0.25) is 0 Å². The van der Waals surface area contributed by atoms with Gasteiger partial charge in [0.1, 0.15) is 12.4 Å². The summed E-state index contributed by atoms with van der Waals surface area (Å²) in [6, 6.07) is 6.71. The molecule has 0 saturated carbocycles. The molecule has 16 heavy (non-hydrogen) atoms. The summed E-state index contributed by atoms with van der Waals surface area (Å²) in [6.07, 6.45) is -0.713. The molecule has 0 amide bonds. The van der Waals surface area contributed by atoms with Crippen LogP contribution in [0.3, 0.4) is 0 Å². The summed E-state index contributed by atoms with van der Waals surface area (Å²) in [4.78, 5) is 11.3. The number of hydrogen-bond donors (Lipinski definition) is 2. The van der Waals surface area contributed by atoms with Gasteiger partial charge in [-0.15, -0.1) is 0 Å². The molecule has 3 N–H and O–H groups in total. The van der Waals surface area contributed by atoms with Gasteiger partial charge in [-0.05, 0) is 31.2 Å². The van der Waals surface area contributed by atoms with Crippen LogP contribution in [0, 0.1) is 0 Å². The van der Waals surface area contributed by atoms with E-state index in [0.29, 0.717) is 11.4 Å². The molecule has 0 aliphatic carbocycles. The van der Waals surface area contributed by atoms with E-state index in [0.717, 1.165) is 0 Å². The Morgan fingerprint density at radius 2 is 2.06 bits per heavy atom. The number of ether oxygens (including phenoxy) is 2. The molecule has 0 spiro atoms. The molecule has 5 nitrogen and oxygen atoms in total. The summed E-state index contributed by atoms with van der Waals surface area (Å²) >= 11 is 0. The van der Waals surface area contributed by atoms with Crippen LogP contribution in [0.25, 0.3) is 0 Å². The van der Waals surface area contributed by atoms with E-state index in [2.05, 4.69) is 0 Å². The molecule has 1 unspecified atom stereocenters. The van der Waals surface area contributed by atoms with Crippen molar-refractivity contribution in [3.05, 3.63) is 24.3 Å². The van der Waals surface area contributed by atoms with Gasteiger partial charge in [0.15, 0.2) is 6.10 Å². The van der Waals surface area contributed by atoms with Crippen LogP contribution in [0.2, 0.25) is 0 Å². The molecule has 5 heteroatoms. The van der Waals surface area contributed by atoms with Crippen LogP contribution in [-0.2, 0) is 9.53 Å². The number of nitrogens with two attached hydrogens (primary N) is 1. The number of rotatable bonds is 5. The Morgan fingerprint density at radius 1 is 1.44 bits per heavy atom. The summed E-state index contributed by atoms with van der Waals surface area (Å²) in [6.45, 7) is 1.37. The first-order valence-electron chi connectivity index (χ1n) is 4.93. The smallest absolute Gasteiger partial charge is 0.347 e. The van der Waals surface area contributed by atoms with Crippen molar-refractivity contribution in [2.45, 2.75) is 13.0 Å². The number of hydrogen-bond acceptors (Lipinski definition) is 5. The molecule has 88 valence electrons. The van der Waals surface area contributed by atoms with Crippen LogP contribution in [0.15, 0.2) is 24.3 Å². The average Bonchev–Trinajstić information content (AvgIpc) is 2.29. The van der Waals surface area contributed by atoms with E-state index < -0.39 is 12.1 Å². The second-order valence-electron chi connectivity index (χ2n) is 3.22. The molecule has 0 aromatic heterocycles. The van der Waals surface area contributed by atoms with E-state index in [9.17, 15) is 4.79 Å². The highest BCUT2D eigenvalue weighted by Crippen LogP contribution is 2.15. The zero-order valence-electron chi connectivity index (χ0n) is 9.05. The normalized spacial score (nSPS) is 11.9. The topological polar surface area (TPSA) is 81.8 Å². The van der Waals surface area contributed by atoms with Gasteiger partial charge in [0, 0.05) is 5.69 Å². The summed E-state index contributed by atoms with van der Waals surface area (Å²) in [5, 5.41) is 8.49. The molecule has 0 aliphatic rings. The Balaban J connectivity index is 2.47. The maximum Gasteiger partial charge on any atom is 0.347 e. The fourth-order valence-electron chi connectivity index (χ4n) is 1.06. The zero-order chi connectivity index (χ0) is 12.0. The van der Waals surface area contributed by atoms with Crippen LogP contribution in [-0.4, -0.2) is 30.4 Å². The third-order valence-corrected chi connectivity index (χ3v) is 1.86. The fraction of sp³-hybridized carbons (Fsp3) is 0.364. The molecule has 1 aromatic carbocycles. The van der Waals surface area contributed by atoms with Crippen molar-refractivity contribution >= 4 is 11.7 Å². The maximum absolute atomic E-state index is 11.3. The van der Waals surface area contributed by atoms with Gasteiger partial charge in [0.25, 0.3) is 0 Å². The Bertz CT molecular complexity index is 336. The van der Waals surface area contributed by atoms with Crippen LogP contribution in [0.1, 0.15) is 6.92 Å². The molecular weight excluding hydrogens is 210 g/mol. The predicted molar refractivity (Wildman–Crippen MR) is 59.0 cm³/mol. The van der Waals surface area contributed by atoms with Gasteiger partial charge in [0.2, 0.25) is 0 Å². The quantitative estimate of drug-likeness (QED) is 0.565. The summed E-state index contributed by atoms with van der Waals surface area (Å²) in [5.41, 5.74) is 6.14. The average molecular weight is 225 g/mol. The van der Waals surface area contributed by atoms with Crippen molar-refractivity contribution in [1.82, 2.24) is 0 Å². The predicted octanol–water partition coefficient (Wildman–Crippen LogP) is 0.572. The first kappa shape index (κ1) is 12.3. The number of benzene rings is 1. The molecule has 1 rings (SSSR count). The van der Waals surface area contributed by atoms with Gasteiger partial charge >= 0.3 is 5.97 Å². The Morgan fingerprint density at radius 3 is 2.62 bits per heavy atom. The minimum atomic E-state index is -0.713. The van der Waals surface area contributed by atoms with Crippen molar-refractivity contribution in [2.75, 3.05) is 18.9 Å². The maximum atomic E-state index is 11.3. The van der Waals surface area contributed by atoms with Gasteiger partial charge in [-0.25, -0.2) is 4.79 Å². The molecule has 0 aliphatic heterocycles. The van der Waals surface area contributed by atoms with Crippen LogP contribution in [0.5, 0.6) is 5.75 Å². The Kier molecular flexibility index (Phi) is 4.60. The van der Waals surface area contributed by atoms with Crippen LogP contribution < -0.4 is 10.5 Å². The van der Waals surface area contributed by atoms with Crippen molar-refractivity contribution in [2.24, 2.45) is 0 Å². The highest BCUT2D eigenvalue weighted by atomic mass is 16.6. The van der Waals surface area contributed by atoms with Gasteiger partial charge in [-0.1, -0.05) is 0 Å². The Labute approximate surface area is 93.8 Å². The van der Waals surface area contributed by atoms with Crippen molar-refractivity contribution in [3.8, 4) is 5.75 Å². The van der Waals surface area contributed by atoms with Crippen molar-refractivity contribution in [3.63, 3.8) is 0 Å². The number of nitrogen functional groups attached to an aromatic ring is 1. The number of esters is 1. The molecule has 0 heterocycles. The summed E-state index contributed by atoms with van der Waals surface area (Å²) in [5.74, 6) is 0.0357. The van der Waals surface area contributed by atoms with Gasteiger partial charge in [0.05, 0.1) is 6.61 Å². The Hall–Kier alpha value is -1.75. The molecule has 0 bridgehead atoms. The van der Waals surface area contributed by atoms with Crippen LogP contribution in [0.4, 0.5) is 5.69 Å². The minimum absolute atomic E-state index is 0.0196.